The van der Waals surface area contributed by atoms with Crippen LogP contribution < -0.4 is 5.43 Å². The molecular weight excluding hydrogens is 450 g/mol. The molecule has 0 saturated carbocycles. The van der Waals surface area contributed by atoms with Gasteiger partial charge in [0.1, 0.15) is 5.58 Å². The van der Waals surface area contributed by atoms with Gasteiger partial charge in [-0.25, -0.2) is 8.42 Å². The Morgan fingerprint density at radius 3 is 2.35 bits per heavy atom. The summed E-state index contributed by atoms with van der Waals surface area (Å²) in [6.45, 7) is 10.4. The number of nitrogens with zero attached hydrogens (tertiary/aromatic N) is 1. The fourth-order valence-corrected chi connectivity index (χ4v) is 6.34. The Balaban J connectivity index is 1.73. The highest BCUT2D eigenvalue weighted by Crippen LogP contribution is 2.26. The van der Waals surface area contributed by atoms with E-state index in [9.17, 15) is 18.0 Å². The van der Waals surface area contributed by atoms with Crippen LogP contribution in [0.5, 0.6) is 0 Å². The zero-order chi connectivity index (χ0) is 24.8. The summed E-state index contributed by atoms with van der Waals surface area (Å²) in [5.41, 5.74) is 3.86. The molecule has 0 bridgehead atoms. The van der Waals surface area contributed by atoms with Gasteiger partial charge in [0.2, 0.25) is 0 Å². The van der Waals surface area contributed by atoms with Gasteiger partial charge in [-0.2, -0.15) is 0 Å². The lowest BCUT2D eigenvalue weighted by Crippen LogP contribution is -2.41. The van der Waals surface area contributed by atoms with Gasteiger partial charge in [-0.3, -0.25) is 9.59 Å². The molecule has 4 rings (SSSR count). The minimum Gasteiger partial charge on any atom is -0.451 e. The maximum atomic E-state index is 13.6. The Morgan fingerprint density at radius 1 is 1.09 bits per heavy atom. The molecule has 1 aliphatic heterocycles. The summed E-state index contributed by atoms with van der Waals surface area (Å²) >= 11 is 0. The van der Waals surface area contributed by atoms with E-state index in [0.29, 0.717) is 17.4 Å². The van der Waals surface area contributed by atoms with Gasteiger partial charge in [-0.1, -0.05) is 51.1 Å². The maximum Gasteiger partial charge on any atom is 0.290 e. The van der Waals surface area contributed by atoms with Crippen LogP contribution in [-0.2, 0) is 21.8 Å². The van der Waals surface area contributed by atoms with E-state index in [4.69, 9.17) is 4.42 Å². The Hall–Kier alpha value is -2.93. The summed E-state index contributed by atoms with van der Waals surface area (Å²) in [6.07, 6.45) is 0.365. The number of hydrogen-bond acceptors (Lipinski definition) is 5. The number of aryl methyl sites for hydroxylation is 2. The molecule has 1 fully saturated rings. The van der Waals surface area contributed by atoms with Crippen LogP contribution in [0.2, 0.25) is 0 Å². The van der Waals surface area contributed by atoms with Gasteiger partial charge in [0, 0.05) is 18.7 Å². The van der Waals surface area contributed by atoms with Gasteiger partial charge in [0.05, 0.1) is 16.9 Å². The third kappa shape index (κ3) is 4.94. The van der Waals surface area contributed by atoms with Crippen LogP contribution in [0.25, 0.3) is 11.0 Å². The van der Waals surface area contributed by atoms with Crippen molar-refractivity contribution in [1.29, 1.82) is 0 Å². The number of carbonyl (C=O) groups is 1. The molecule has 0 spiro atoms. The largest absolute Gasteiger partial charge is 0.451 e. The standard InChI is InChI=1S/C27H31NO5S/c1-17-12-18(2)25-22(29)14-24(33-23(25)13-17)26(30)28(21-10-11-34(31,32)16-21)15-19-6-8-20(9-7-19)27(3,4)5/h6-9,12-14,21H,10-11,15-16H2,1-5H3. The zero-order valence-corrected chi connectivity index (χ0v) is 21.2. The summed E-state index contributed by atoms with van der Waals surface area (Å²) in [6, 6.07) is 12.4. The first-order chi connectivity index (χ1) is 15.8. The lowest BCUT2D eigenvalue weighted by atomic mass is 9.86. The number of benzene rings is 2. The van der Waals surface area contributed by atoms with Crippen LogP contribution in [-0.4, -0.2) is 36.8 Å². The van der Waals surface area contributed by atoms with Gasteiger partial charge in [-0.15, -0.1) is 0 Å². The summed E-state index contributed by atoms with van der Waals surface area (Å²) in [4.78, 5) is 28.0. The van der Waals surface area contributed by atoms with E-state index in [0.717, 1.165) is 16.7 Å². The lowest BCUT2D eigenvalue weighted by molar-refractivity contribution is 0.0648. The summed E-state index contributed by atoms with van der Waals surface area (Å²) in [7, 11) is -3.21. The fraction of sp³-hybridized carbons (Fsp3) is 0.407. The predicted octanol–water partition coefficient (Wildman–Crippen LogP) is 4.54. The summed E-state index contributed by atoms with van der Waals surface area (Å²) in [5, 5.41) is 0.454. The van der Waals surface area contributed by atoms with Crippen molar-refractivity contribution in [3.63, 3.8) is 0 Å². The monoisotopic (exact) mass is 481 g/mol. The molecule has 6 nitrogen and oxygen atoms in total. The van der Waals surface area contributed by atoms with Crippen LogP contribution in [0.15, 0.2) is 51.7 Å². The van der Waals surface area contributed by atoms with Crippen molar-refractivity contribution in [3.8, 4) is 0 Å². The predicted molar refractivity (Wildman–Crippen MR) is 134 cm³/mol. The molecule has 2 heterocycles. The summed E-state index contributed by atoms with van der Waals surface area (Å²) < 4.78 is 30.3. The van der Waals surface area contributed by atoms with Crippen molar-refractivity contribution in [2.75, 3.05) is 11.5 Å². The maximum absolute atomic E-state index is 13.6. The topological polar surface area (TPSA) is 84.7 Å². The Kier molecular flexibility index (Phi) is 6.19. The van der Waals surface area contributed by atoms with Gasteiger partial charge in [0.15, 0.2) is 21.0 Å². The minimum atomic E-state index is -3.21. The molecule has 1 aliphatic rings. The molecule has 1 atom stereocenters. The number of hydrogen-bond donors (Lipinski definition) is 0. The van der Waals surface area contributed by atoms with Crippen LogP contribution in [0.4, 0.5) is 0 Å². The Bertz CT molecular complexity index is 1410. The van der Waals surface area contributed by atoms with E-state index in [2.05, 4.69) is 20.8 Å². The van der Waals surface area contributed by atoms with Crippen molar-refractivity contribution in [1.82, 2.24) is 4.90 Å². The second-order valence-corrected chi connectivity index (χ2v) is 12.6. The van der Waals surface area contributed by atoms with E-state index < -0.39 is 21.8 Å². The number of carbonyl (C=O) groups excluding carboxylic acids is 1. The van der Waals surface area contributed by atoms with Crippen LogP contribution in [0, 0.1) is 13.8 Å². The molecule has 1 unspecified atom stereocenters. The highest BCUT2D eigenvalue weighted by molar-refractivity contribution is 7.91. The van der Waals surface area contributed by atoms with Crippen LogP contribution >= 0.6 is 0 Å². The normalized spacial score (nSPS) is 17.7. The highest BCUT2D eigenvalue weighted by Gasteiger charge is 2.36. The second kappa shape index (κ2) is 8.69. The SMILES string of the molecule is Cc1cc(C)c2c(=O)cc(C(=O)N(Cc3ccc(C(C)(C)C)cc3)C3CCS(=O)(=O)C3)oc2c1. The van der Waals surface area contributed by atoms with Crippen molar-refractivity contribution in [3.05, 3.63) is 80.7 Å². The number of fused-ring (bicyclic) bond motifs is 1. The molecule has 3 aromatic rings. The number of amides is 1. The highest BCUT2D eigenvalue weighted by atomic mass is 32.2. The van der Waals surface area contributed by atoms with Crippen LogP contribution in [0.3, 0.4) is 0 Å². The molecule has 1 aromatic heterocycles. The van der Waals surface area contributed by atoms with E-state index in [-0.39, 0.29) is 34.7 Å². The smallest absolute Gasteiger partial charge is 0.290 e. The van der Waals surface area contributed by atoms with Crippen molar-refractivity contribution >= 4 is 26.7 Å². The van der Waals surface area contributed by atoms with E-state index in [1.807, 2.05) is 44.2 Å². The fourth-order valence-electron chi connectivity index (χ4n) is 4.61. The van der Waals surface area contributed by atoms with E-state index in [1.165, 1.54) is 11.6 Å². The van der Waals surface area contributed by atoms with Gasteiger partial charge >= 0.3 is 0 Å². The number of sulfone groups is 1. The minimum absolute atomic E-state index is 0.00166. The molecule has 0 N–H and O–H groups in total. The Labute approximate surface area is 200 Å². The molecule has 2 aromatic carbocycles. The number of rotatable bonds is 4. The second-order valence-electron chi connectivity index (χ2n) is 10.4. The molecule has 7 heteroatoms. The third-order valence-corrected chi connectivity index (χ3v) is 8.22. The van der Waals surface area contributed by atoms with Crippen molar-refractivity contribution in [2.45, 2.75) is 59.0 Å². The first-order valence-electron chi connectivity index (χ1n) is 11.5. The average Bonchev–Trinajstić information content (AvgIpc) is 3.09. The molecule has 180 valence electrons. The van der Waals surface area contributed by atoms with E-state index >= 15 is 0 Å². The van der Waals surface area contributed by atoms with Crippen LogP contribution in [0.1, 0.15) is 60.0 Å². The van der Waals surface area contributed by atoms with Gasteiger partial charge < -0.3 is 9.32 Å². The molecule has 1 saturated heterocycles. The molecular formula is C27H31NO5S. The lowest BCUT2D eigenvalue weighted by Gasteiger charge is -2.28. The van der Waals surface area contributed by atoms with Gasteiger partial charge in [-0.05, 0) is 54.0 Å². The first kappa shape index (κ1) is 24.2. The van der Waals surface area contributed by atoms with E-state index in [1.54, 1.807) is 11.0 Å². The van der Waals surface area contributed by atoms with Crippen molar-refractivity contribution < 1.29 is 17.6 Å². The zero-order valence-electron chi connectivity index (χ0n) is 20.3. The molecule has 1 amide bonds. The quantitative estimate of drug-likeness (QED) is 0.546. The molecule has 0 radical (unpaired) electrons. The summed E-state index contributed by atoms with van der Waals surface area (Å²) in [5.74, 6) is -0.586. The third-order valence-electron chi connectivity index (χ3n) is 6.47. The molecule has 0 aliphatic carbocycles. The molecule has 34 heavy (non-hydrogen) atoms. The van der Waals surface area contributed by atoms with Gasteiger partial charge in [0.25, 0.3) is 5.91 Å². The first-order valence-corrected chi connectivity index (χ1v) is 13.3. The van der Waals surface area contributed by atoms with Crippen molar-refractivity contribution in [2.24, 2.45) is 0 Å². The average molecular weight is 482 g/mol. The Morgan fingerprint density at radius 2 is 1.76 bits per heavy atom.